The summed E-state index contributed by atoms with van der Waals surface area (Å²) in [4.78, 5) is 18.0. The Hall–Kier alpha value is -2.79. The van der Waals surface area contributed by atoms with E-state index in [4.69, 9.17) is 21.3 Å². The number of ether oxygens (including phenoxy) is 1. The Morgan fingerprint density at radius 2 is 1.96 bits per heavy atom. The lowest BCUT2D eigenvalue weighted by atomic mass is 9.98. The summed E-state index contributed by atoms with van der Waals surface area (Å²) in [6.07, 6.45) is -1.38. The number of halogens is 1. The Morgan fingerprint density at radius 3 is 2.58 bits per heavy atom. The number of anilines is 1. The molecule has 3 aromatic rings. The Morgan fingerprint density at radius 1 is 1.27 bits per heavy atom. The molecule has 6 heteroatoms. The lowest BCUT2D eigenvalue weighted by Gasteiger charge is -2.23. The quantitative estimate of drug-likeness (QED) is 0.625. The first kappa shape index (κ1) is 18.0. The second-order valence-electron chi connectivity index (χ2n) is 6.01. The van der Waals surface area contributed by atoms with Gasteiger partial charge in [-0.25, -0.2) is 9.78 Å². The Bertz CT molecular complexity index is 974. The molecule has 5 nitrogen and oxygen atoms in total. The monoisotopic (exact) mass is 370 g/mol. The molecule has 0 spiro atoms. The number of hydrogen-bond acceptors (Lipinski definition) is 4. The molecule has 0 bridgehead atoms. The van der Waals surface area contributed by atoms with Gasteiger partial charge in [-0.15, -0.1) is 0 Å². The van der Waals surface area contributed by atoms with E-state index >= 15 is 0 Å². The van der Waals surface area contributed by atoms with E-state index in [0.717, 1.165) is 22.0 Å². The Labute approximate surface area is 156 Å². The average molecular weight is 371 g/mol. The van der Waals surface area contributed by atoms with Gasteiger partial charge in [0.05, 0.1) is 5.52 Å². The predicted octanol–water partition coefficient (Wildman–Crippen LogP) is 5.38. The molecule has 0 aliphatic carbocycles. The minimum atomic E-state index is -1.38. The topological polar surface area (TPSA) is 62.7 Å². The van der Waals surface area contributed by atoms with Crippen molar-refractivity contribution in [3.8, 4) is 16.9 Å². The van der Waals surface area contributed by atoms with Gasteiger partial charge >= 0.3 is 6.16 Å². The SMILES string of the molecule is CCN(C)c1nc2c(C)cc(Cl)cc2c(-c2ccccc2)c1OC(=O)O. The summed E-state index contributed by atoms with van der Waals surface area (Å²) in [5, 5.41) is 10.6. The normalized spacial score (nSPS) is 10.8. The van der Waals surface area contributed by atoms with E-state index in [2.05, 4.69) is 0 Å². The van der Waals surface area contributed by atoms with Crippen LogP contribution in [0, 0.1) is 6.92 Å². The molecule has 0 aliphatic rings. The molecule has 0 amide bonds. The minimum absolute atomic E-state index is 0.210. The van der Waals surface area contributed by atoms with Crippen LogP contribution in [0.3, 0.4) is 0 Å². The number of benzene rings is 2. The molecule has 26 heavy (non-hydrogen) atoms. The molecule has 134 valence electrons. The maximum atomic E-state index is 11.4. The lowest BCUT2D eigenvalue weighted by molar-refractivity contribution is 0.144. The molecule has 1 aromatic heterocycles. The summed E-state index contributed by atoms with van der Waals surface area (Å²) < 4.78 is 5.21. The summed E-state index contributed by atoms with van der Waals surface area (Å²) >= 11 is 6.28. The van der Waals surface area contributed by atoms with Crippen molar-refractivity contribution in [3.05, 3.63) is 53.1 Å². The van der Waals surface area contributed by atoms with Gasteiger partial charge in [-0.3, -0.25) is 0 Å². The molecular weight excluding hydrogens is 352 g/mol. The number of fused-ring (bicyclic) bond motifs is 1. The second-order valence-corrected chi connectivity index (χ2v) is 6.44. The summed E-state index contributed by atoms with van der Waals surface area (Å²) in [5.41, 5.74) is 3.18. The molecule has 0 saturated carbocycles. The second kappa shape index (κ2) is 7.22. The van der Waals surface area contributed by atoms with Crippen molar-refractivity contribution in [2.75, 3.05) is 18.5 Å². The fraction of sp³-hybridized carbons (Fsp3) is 0.200. The van der Waals surface area contributed by atoms with Crippen LogP contribution in [0.5, 0.6) is 5.75 Å². The number of carboxylic acid groups (broad SMARTS) is 1. The van der Waals surface area contributed by atoms with Gasteiger partial charge < -0.3 is 14.7 Å². The van der Waals surface area contributed by atoms with Crippen LogP contribution in [0.1, 0.15) is 12.5 Å². The molecule has 2 aromatic carbocycles. The first-order valence-corrected chi connectivity index (χ1v) is 8.61. The highest BCUT2D eigenvalue weighted by atomic mass is 35.5. The van der Waals surface area contributed by atoms with Crippen LogP contribution in [0.25, 0.3) is 22.0 Å². The molecule has 0 radical (unpaired) electrons. The number of aromatic nitrogens is 1. The van der Waals surface area contributed by atoms with Gasteiger partial charge in [-0.2, -0.15) is 0 Å². The number of aryl methyl sites for hydroxylation is 1. The van der Waals surface area contributed by atoms with Crippen molar-refractivity contribution in [1.82, 2.24) is 4.98 Å². The van der Waals surface area contributed by atoms with Crippen LogP contribution >= 0.6 is 11.6 Å². The van der Waals surface area contributed by atoms with E-state index in [1.807, 2.05) is 62.2 Å². The van der Waals surface area contributed by atoms with Crippen LogP contribution in [-0.2, 0) is 0 Å². The first-order chi connectivity index (χ1) is 12.4. The van der Waals surface area contributed by atoms with E-state index in [-0.39, 0.29) is 5.75 Å². The molecule has 1 N–H and O–H groups in total. The minimum Gasteiger partial charge on any atom is -0.449 e. The van der Waals surface area contributed by atoms with E-state index < -0.39 is 6.16 Å². The largest absolute Gasteiger partial charge is 0.511 e. The molecule has 1 heterocycles. The number of rotatable bonds is 4. The lowest BCUT2D eigenvalue weighted by Crippen LogP contribution is -2.20. The van der Waals surface area contributed by atoms with Crippen molar-refractivity contribution < 1.29 is 14.6 Å². The van der Waals surface area contributed by atoms with Gasteiger partial charge in [0.2, 0.25) is 0 Å². The summed E-state index contributed by atoms with van der Waals surface area (Å²) in [6.45, 7) is 4.55. The van der Waals surface area contributed by atoms with E-state index in [1.54, 1.807) is 6.07 Å². The molecule has 0 saturated heterocycles. The van der Waals surface area contributed by atoms with Crippen LogP contribution in [0.4, 0.5) is 10.6 Å². The van der Waals surface area contributed by atoms with Gasteiger partial charge in [0, 0.05) is 29.6 Å². The molecule has 0 unspecified atom stereocenters. The third kappa shape index (κ3) is 3.30. The van der Waals surface area contributed by atoms with Gasteiger partial charge in [-0.1, -0.05) is 41.9 Å². The van der Waals surface area contributed by atoms with Crippen molar-refractivity contribution >= 4 is 34.5 Å². The third-order valence-electron chi connectivity index (χ3n) is 4.27. The molecule has 3 rings (SSSR count). The molecule has 0 atom stereocenters. The summed E-state index contributed by atoms with van der Waals surface area (Å²) in [5.74, 6) is 0.689. The fourth-order valence-electron chi connectivity index (χ4n) is 2.95. The molecule has 0 fully saturated rings. The number of nitrogens with zero attached hydrogens (tertiary/aromatic N) is 2. The predicted molar refractivity (Wildman–Crippen MR) is 105 cm³/mol. The highest BCUT2D eigenvalue weighted by Gasteiger charge is 2.23. The van der Waals surface area contributed by atoms with Gasteiger partial charge in [0.25, 0.3) is 0 Å². The highest BCUT2D eigenvalue weighted by molar-refractivity contribution is 6.31. The van der Waals surface area contributed by atoms with Crippen LogP contribution < -0.4 is 9.64 Å². The van der Waals surface area contributed by atoms with E-state index in [0.29, 0.717) is 22.9 Å². The van der Waals surface area contributed by atoms with E-state index in [1.165, 1.54) is 0 Å². The van der Waals surface area contributed by atoms with Crippen molar-refractivity contribution in [2.45, 2.75) is 13.8 Å². The fourth-order valence-corrected chi connectivity index (χ4v) is 3.22. The zero-order valence-electron chi connectivity index (χ0n) is 14.8. The smallest absolute Gasteiger partial charge is 0.449 e. The number of carbonyl (C=O) groups is 1. The summed E-state index contributed by atoms with van der Waals surface area (Å²) in [6, 6.07) is 13.2. The zero-order chi connectivity index (χ0) is 18.8. The van der Waals surface area contributed by atoms with Crippen LogP contribution in [-0.4, -0.2) is 29.8 Å². The maximum Gasteiger partial charge on any atom is 0.511 e. The van der Waals surface area contributed by atoms with Crippen molar-refractivity contribution in [2.24, 2.45) is 0 Å². The summed E-state index contributed by atoms with van der Waals surface area (Å²) in [7, 11) is 1.85. The Kier molecular flexibility index (Phi) is 5.00. The maximum absolute atomic E-state index is 11.4. The van der Waals surface area contributed by atoms with Gasteiger partial charge in [0.1, 0.15) is 0 Å². The highest BCUT2D eigenvalue weighted by Crippen LogP contribution is 2.43. The number of hydrogen-bond donors (Lipinski definition) is 1. The molecular formula is C20H19ClN2O3. The first-order valence-electron chi connectivity index (χ1n) is 8.23. The van der Waals surface area contributed by atoms with Crippen molar-refractivity contribution in [3.63, 3.8) is 0 Å². The Balaban J connectivity index is 2.50. The van der Waals surface area contributed by atoms with E-state index in [9.17, 15) is 9.90 Å². The third-order valence-corrected chi connectivity index (χ3v) is 4.49. The standard InChI is InChI=1S/C20H19ClN2O3/c1-4-23(3)19-18(26-20(24)25)16(13-8-6-5-7-9-13)15-11-14(21)10-12(2)17(15)22-19/h5-11H,4H2,1-3H3,(H,24,25). The van der Waals surface area contributed by atoms with Gasteiger partial charge in [0.15, 0.2) is 11.6 Å². The van der Waals surface area contributed by atoms with Gasteiger partial charge in [-0.05, 0) is 37.1 Å². The van der Waals surface area contributed by atoms with Crippen molar-refractivity contribution in [1.29, 1.82) is 0 Å². The van der Waals surface area contributed by atoms with Crippen LogP contribution in [0.2, 0.25) is 5.02 Å². The number of pyridine rings is 1. The zero-order valence-corrected chi connectivity index (χ0v) is 15.5. The molecule has 0 aliphatic heterocycles. The van der Waals surface area contributed by atoms with Crippen LogP contribution in [0.15, 0.2) is 42.5 Å². The average Bonchev–Trinajstić information content (AvgIpc) is 2.60.